The summed E-state index contributed by atoms with van der Waals surface area (Å²) in [7, 11) is 0. The molecule has 0 saturated heterocycles. The molecule has 132 valence electrons. The van der Waals surface area contributed by atoms with Crippen LogP contribution in [-0.2, 0) is 11.3 Å². The van der Waals surface area contributed by atoms with Crippen LogP contribution in [0.2, 0.25) is 0 Å². The van der Waals surface area contributed by atoms with E-state index in [1.807, 2.05) is 54.7 Å². The molecule has 5 rings (SSSR count). The number of ketones is 1. The van der Waals surface area contributed by atoms with Crippen LogP contribution < -0.4 is 4.90 Å². The molecule has 0 saturated carbocycles. The van der Waals surface area contributed by atoms with Gasteiger partial charge in [0.25, 0.3) is 0 Å². The molecule has 3 aromatic rings. The second-order valence-corrected chi connectivity index (χ2v) is 6.74. The molecule has 2 aromatic carbocycles. The van der Waals surface area contributed by atoms with Crippen molar-refractivity contribution >= 4 is 17.5 Å². The summed E-state index contributed by atoms with van der Waals surface area (Å²) in [5, 5.41) is 8.62. The van der Waals surface area contributed by atoms with Crippen LogP contribution in [0.4, 0.5) is 5.69 Å². The molecule has 0 unspecified atom stereocenters. The maximum atomic E-state index is 12.5. The van der Waals surface area contributed by atoms with E-state index in [2.05, 4.69) is 33.4 Å². The topological polar surface area (TPSA) is 51.0 Å². The van der Waals surface area contributed by atoms with Crippen LogP contribution in [0.15, 0.2) is 78.1 Å². The Balaban J connectivity index is 1.53. The summed E-state index contributed by atoms with van der Waals surface area (Å²) >= 11 is 0. The Morgan fingerprint density at radius 2 is 1.81 bits per heavy atom. The van der Waals surface area contributed by atoms with Crippen LogP contribution in [-0.4, -0.2) is 20.8 Å². The number of anilines is 1. The van der Waals surface area contributed by atoms with Gasteiger partial charge in [-0.15, -0.1) is 5.10 Å². The number of carbonyl (C=O) groups excluding carboxylic acids is 1. The van der Waals surface area contributed by atoms with Crippen molar-refractivity contribution in [2.75, 3.05) is 4.90 Å². The molecule has 1 aliphatic heterocycles. The van der Waals surface area contributed by atoms with Crippen molar-refractivity contribution in [3.8, 4) is 5.69 Å². The summed E-state index contributed by atoms with van der Waals surface area (Å²) in [6, 6.07) is 18.1. The smallest absolute Gasteiger partial charge is 0.165 e. The largest absolute Gasteiger partial charge is 0.334 e. The number of Topliss-reactive ketones (excluding diaryl/α,β-unsaturated/α-hetero) is 1. The number of nitrogens with zero attached hydrogens (tertiary/aromatic N) is 4. The quantitative estimate of drug-likeness (QED) is 0.715. The lowest BCUT2D eigenvalue weighted by Crippen LogP contribution is -2.30. The van der Waals surface area contributed by atoms with Crippen molar-refractivity contribution in [2.45, 2.75) is 19.4 Å². The van der Waals surface area contributed by atoms with Crippen LogP contribution >= 0.6 is 0 Å². The summed E-state index contributed by atoms with van der Waals surface area (Å²) in [4.78, 5) is 14.6. The summed E-state index contributed by atoms with van der Waals surface area (Å²) in [6.07, 6.45) is 7.47. The van der Waals surface area contributed by atoms with Crippen molar-refractivity contribution in [1.82, 2.24) is 15.0 Å². The number of allylic oxidation sites excluding steroid dienone is 2. The van der Waals surface area contributed by atoms with E-state index in [1.54, 1.807) is 4.68 Å². The number of carbonyl (C=O) groups is 1. The zero-order chi connectivity index (χ0) is 18.2. The van der Waals surface area contributed by atoms with Gasteiger partial charge >= 0.3 is 0 Å². The van der Waals surface area contributed by atoms with Crippen LogP contribution in [0.25, 0.3) is 11.8 Å². The Labute approximate surface area is 157 Å². The Hall–Kier alpha value is -3.47. The Bertz CT molecular complexity index is 1080. The third kappa shape index (κ3) is 2.77. The van der Waals surface area contributed by atoms with Gasteiger partial charge in [0.05, 0.1) is 18.4 Å². The molecule has 5 nitrogen and oxygen atoms in total. The summed E-state index contributed by atoms with van der Waals surface area (Å²) in [5.74, 6) is 0.208. The fourth-order valence-corrected chi connectivity index (χ4v) is 3.69. The van der Waals surface area contributed by atoms with Gasteiger partial charge < -0.3 is 4.90 Å². The molecule has 0 atom stereocenters. The molecule has 0 fully saturated rings. The van der Waals surface area contributed by atoms with Gasteiger partial charge in [0.1, 0.15) is 5.69 Å². The van der Waals surface area contributed by atoms with Crippen molar-refractivity contribution in [3.05, 3.63) is 89.4 Å². The maximum Gasteiger partial charge on any atom is 0.165 e. The summed E-state index contributed by atoms with van der Waals surface area (Å²) in [5.41, 5.74) is 5.78. The first-order valence-electron chi connectivity index (χ1n) is 9.08. The highest BCUT2D eigenvalue weighted by molar-refractivity contribution is 6.07. The number of fused-ring (bicyclic) bond motifs is 2. The standard InChI is InChI=1S/C22H18N4O/c27-22-12-6-11-21-19(22)13-16-7-4-5-10-20(16)25(21)14-17-15-26(24-23-17)18-8-2-1-3-9-18/h1-5,7-11,13,15H,6,12,14H2. The highest BCUT2D eigenvalue weighted by Crippen LogP contribution is 2.38. The lowest BCUT2D eigenvalue weighted by Gasteiger charge is -2.34. The van der Waals surface area contributed by atoms with Gasteiger partial charge in [0.2, 0.25) is 0 Å². The van der Waals surface area contributed by atoms with Gasteiger partial charge in [-0.2, -0.15) is 0 Å². The van der Waals surface area contributed by atoms with E-state index >= 15 is 0 Å². The van der Waals surface area contributed by atoms with Crippen LogP contribution in [0.3, 0.4) is 0 Å². The lowest BCUT2D eigenvalue weighted by molar-refractivity contribution is -0.115. The molecule has 1 aromatic heterocycles. The van der Waals surface area contributed by atoms with Crippen LogP contribution in [0, 0.1) is 0 Å². The molecule has 0 N–H and O–H groups in total. The van der Waals surface area contributed by atoms with Crippen molar-refractivity contribution in [2.24, 2.45) is 0 Å². The molecular weight excluding hydrogens is 336 g/mol. The fraction of sp³-hybridized carbons (Fsp3) is 0.136. The summed E-state index contributed by atoms with van der Waals surface area (Å²) < 4.78 is 1.78. The second-order valence-electron chi connectivity index (χ2n) is 6.74. The van der Waals surface area contributed by atoms with E-state index in [1.165, 1.54) is 0 Å². The minimum Gasteiger partial charge on any atom is -0.334 e. The molecule has 0 spiro atoms. The molecule has 5 heteroatoms. The SMILES string of the molecule is O=C1CCC=C2C1=Cc1ccccc1N2Cc1cn(-c2ccccc2)nn1. The number of hydrogen-bond acceptors (Lipinski definition) is 4. The predicted molar refractivity (Wildman–Crippen MR) is 104 cm³/mol. The third-order valence-electron chi connectivity index (χ3n) is 4.99. The number of rotatable bonds is 3. The molecule has 1 aliphatic carbocycles. The zero-order valence-electron chi connectivity index (χ0n) is 14.7. The minimum absolute atomic E-state index is 0.208. The van der Waals surface area contributed by atoms with E-state index in [0.717, 1.165) is 40.3 Å². The number of aromatic nitrogens is 3. The lowest BCUT2D eigenvalue weighted by atomic mass is 9.90. The highest BCUT2D eigenvalue weighted by Gasteiger charge is 2.29. The van der Waals surface area contributed by atoms with Crippen molar-refractivity contribution in [3.63, 3.8) is 0 Å². The Kier molecular flexibility index (Phi) is 3.71. The first-order valence-corrected chi connectivity index (χ1v) is 9.08. The zero-order valence-corrected chi connectivity index (χ0v) is 14.7. The fourth-order valence-electron chi connectivity index (χ4n) is 3.69. The molecule has 0 radical (unpaired) electrons. The Morgan fingerprint density at radius 1 is 1.00 bits per heavy atom. The molecule has 27 heavy (non-hydrogen) atoms. The molecule has 2 aliphatic rings. The van der Waals surface area contributed by atoms with E-state index < -0.39 is 0 Å². The van der Waals surface area contributed by atoms with Gasteiger partial charge in [0.15, 0.2) is 5.78 Å². The monoisotopic (exact) mass is 354 g/mol. The summed E-state index contributed by atoms with van der Waals surface area (Å²) in [6.45, 7) is 0.570. The normalized spacial score (nSPS) is 15.7. The van der Waals surface area contributed by atoms with E-state index in [-0.39, 0.29) is 5.78 Å². The highest BCUT2D eigenvalue weighted by atomic mass is 16.1. The van der Waals surface area contributed by atoms with E-state index in [0.29, 0.717) is 13.0 Å². The van der Waals surface area contributed by atoms with Crippen LogP contribution in [0.1, 0.15) is 24.1 Å². The van der Waals surface area contributed by atoms with Gasteiger partial charge in [0, 0.05) is 23.4 Å². The maximum absolute atomic E-state index is 12.5. The third-order valence-corrected chi connectivity index (χ3v) is 4.99. The van der Waals surface area contributed by atoms with Gasteiger partial charge in [-0.25, -0.2) is 4.68 Å². The molecule has 2 heterocycles. The molecular formula is C22H18N4O. The predicted octanol–water partition coefficient (Wildman–Crippen LogP) is 3.92. The van der Waals surface area contributed by atoms with Crippen LogP contribution in [0.5, 0.6) is 0 Å². The number of hydrogen-bond donors (Lipinski definition) is 0. The molecule has 0 bridgehead atoms. The van der Waals surface area contributed by atoms with Gasteiger partial charge in [-0.1, -0.05) is 47.7 Å². The average Bonchev–Trinajstić information content (AvgIpc) is 3.18. The number of benzene rings is 2. The molecule has 0 amide bonds. The van der Waals surface area contributed by atoms with E-state index in [4.69, 9.17) is 0 Å². The second kappa shape index (κ2) is 6.36. The van der Waals surface area contributed by atoms with E-state index in [9.17, 15) is 4.79 Å². The number of para-hydroxylation sites is 2. The van der Waals surface area contributed by atoms with Crippen molar-refractivity contribution in [1.29, 1.82) is 0 Å². The first-order chi connectivity index (χ1) is 13.3. The minimum atomic E-state index is 0.208. The Morgan fingerprint density at radius 3 is 2.70 bits per heavy atom. The first kappa shape index (κ1) is 15.8. The van der Waals surface area contributed by atoms with Gasteiger partial charge in [-0.3, -0.25) is 4.79 Å². The van der Waals surface area contributed by atoms with Crippen molar-refractivity contribution < 1.29 is 4.79 Å². The average molecular weight is 354 g/mol. The van der Waals surface area contributed by atoms with Gasteiger partial charge in [-0.05, 0) is 36.3 Å².